The van der Waals surface area contributed by atoms with E-state index in [2.05, 4.69) is 11.6 Å². The monoisotopic (exact) mass is 430 g/mol. The van der Waals surface area contributed by atoms with Crippen molar-refractivity contribution in [2.75, 3.05) is 11.5 Å². The van der Waals surface area contributed by atoms with Crippen LogP contribution >= 0.6 is 0 Å². The van der Waals surface area contributed by atoms with Gasteiger partial charge in [0.05, 0.1) is 11.6 Å². The predicted octanol–water partition coefficient (Wildman–Crippen LogP) is 4.41. The number of ether oxygens (including phenoxy) is 1. The smallest absolute Gasteiger partial charge is 0.301 e. The van der Waals surface area contributed by atoms with Crippen LogP contribution in [0.4, 0.5) is 10.2 Å². The van der Waals surface area contributed by atoms with Crippen LogP contribution in [0.2, 0.25) is 0 Å². The first-order valence-corrected chi connectivity index (χ1v) is 9.83. The molecular weight excluding hydrogens is 411 g/mol. The first-order valence-electron chi connectivity index (χ1n) is 9.83. The maximum Gasteiger partial charge on any atom is 0.301 e. The Morgan fingerprint density at radius 2 is 1.81 bits per heavy atom. The molecule has 1 amide bonds. The molecular formula is C25H19FN2O4. The van der Waals surface area contributed by atoms with Crippen LogP contribution < -0.4 is 9.64 Å². The van der Waals surface area contributed by atoms with Crippen molar-refractivity contribution in [3.63, 3.8) is 0 Å². The van der Waals surface area contributed by atoms with Crippen molar-refractivity contribution in [3.05, 3.63) is 108 Å². The van der Waals surface area contributed by atoms with Gasteiger partial charge in [0.2, 0.25) is 0 Å². The largest absolute Gasteiger partial charge is 0.507 e. The van der Waals surface area contributed by atoms with Crippen molar-refractivity contribution >= 4 is 23.3 Å². The highest BCUT2D eigenvalue weighted by molar-refractivity contribution is 6.51. The SMILES string of the molecule is C=CCOc1ccc(C(O)=C2C(=O)C(=O)N(c3ccccn3)C2c2ccccc2F)cc1. The third-order valence-corrected chi connectivity index (χ3v) is 5.04. The van der Waals surface area contributed by atoms with Crippen molar-refractivity contribution in [1.82, 2.24) is 4.98 Å². The van der Waals surface area contributed by atoms with Gasteiger partial charge in [-0.25, -0.2) is 9.37 Å². The Bertz CT molecular complexity index is 1210. The van der Waals surface area contributed by atoms with Crippen LogP contribution in [0.15, 0.2) is 91.2 Å². The van der Waals surface area contributed by atoms with Gasteiger partial charge < -0.3 is 9.84 Å². The summed E-state index contributed by atoms with van der Waals surface area (Å²) in [5.74, 6) is -2.13. The van der Waals surface area contributed by atoms with Gasteiger partial charge in [-0.1, -0.05) is 36.9 Å². The summed E-state index contributed by atoms with van der Waals surface area (Å²) in [6, 6.07) is 15.8. The molecule has 1 aliphatic heterocycles. The van der Waals surface area contributed by atoms with E-state index in [1.807, 2.05) is 0 Å². The van der Waals surface area contributed by atoms with Gasteiger partial charge in [0.25, 0.3) is 5.78 Å². The Morgan fingerprint density at radius 1 is 1.09 bits per heavy atom. The van der Waals surface area contributed by atoms with Crippen LogP contribution in [0.25, 0.3) is 5.76 Å². The number of aliphatic hydroxyl groups excluding tert-OH is 1. The number of hydrogen-bond donors (Lipinski definition) is 1. The number of ketones is 1. The lowest BCUT2D eigenvalue weighted by Crippen LogP contribution is -2.30. The van der Waals surface area contributed by atoms with Crippen molar-refractivity contribution in [2.24, 2.45) is 0 Å². The number of benzene rings is 2. The fourth-order valence-electron chi connectivity index (χ4n) is 3.58. The number of rotatable bonds is 6. The van der Waals surface area contributed by atoms with E-state index in [1.54, 1.807) is 54.6 Å². The van der Waals surface area contributed by atoms with Gasteiger partial charge in [-0.15, -0.1) is 0 Å². The van der Waals surface area contributed by atoms with Crippen molar-refractivity contribution in [1.29, 1.82) is 0 Å². The summed E-state index contributed by atoms with van der Waals surface area (Å²) < 4.78 is 20.2. The zero-order chi connectivity index (χ0) is 22.7. The minimum atomic E-state index is -1.18. The highest BCUT2D eigenvalue weighted by atomic mass is 19.1. The number of hydrogen-bond acceptors (Lipinski definition) is 5. The third-order valence-electron chi connectivity index (χ3n) is 5.04. The molecule has 1 atom stereocenters. The van der Waals surface area contributed by atoms with Gasteiger partial charge in [0.1, 0.15) is 29.8 Å². The fraction of sp³-hybridized carbons (Fsp3) is 0.0800. The number of aliphatic hydroxyl groups is 1. The van der Waals surface area contributed by atoms with E-state index < -0.39 is 29.3 Å². The molecule has 6 nitrogen and oxygen atoms in total. The Kier molecular flexibility index (Phi) is 5.81. The summed E-state index contributed by atoms with van der Waals surface area (Å²) in [5.41, 5.74) is 0.145. The van der Waals surface area contributed by atoms with Crippen LogP contribution in [0.1, 0.15) is 17.2 Å². The number of anilines is 1. The molecule has 1 aliphatic rings. The Balaban J connectivity index is 1.87. The van der Waals surface area contributed by atoms with E-state index in [1.165, 1.54) is 24.4 Å². The number of halogens is 1. The van der Waals surface area contributed by atoms with Gasteiger partial charge in [-0.2, -0.15) is 0 Å². The molecule has 1 aromatic heterocycles. The quantitative estimate of drug-likeness (QED) is 0.271. The predicted molar refractivity (Wildman–Crippen MR) is 118 cm³/mol. The van der Waals surface area contributed by atoms with E-state index in [0.29, 0.717) is 12.4 Å². The molecule has 0 radical (unpaired) electrons. The average Bonchev–Trinajstić information content (AvgIpc) is 3.08. The summed E-state index contributed by atoms with van der Waals surface area (Å²) in [6.07, 6.45) is 3.07. The molecule has 1 fully saturated rings. The molecule has 32 heavy (non-hydrogen) atoms. The molecule has 1 saturated heterocycles. The zero-order valence-electron chi connectivity index (χ0n) is 16.9. The first-order chi connectivity index (χ1) is 15.5. The molecule has 0 aliphatic carbocycles. The number of carbonyl (C=O) groups excluding carboxylic acids is 2. The Labute approximate surface area is 183 Å². The van der Waals surface area contributed by atoms with Crippen molar-refractivity contribution in [2.45, 2.75) is 6.04 Å². The molecule has 0 saturated carbocycles. The third kappa shape index (κ3) is 3.76. The number of pyridine rings is 1. The molecule has 2 aromatic carbocycles. The molecule has 0 bridgehead atoms. The molecule has 7 heteroatoms. The second-order valence-corrected chi connectivity index (χ2v) is 7.00. The molecule has 1 unspecified atom stereocenters. The number of amides is 1. The Morgan fingerprint density at radius 3 is 2.47 bits per heavy atom. The molecule has 160 valence electrons. The van der Waals surface area contributed by atoms with E-state index in [9.17, 15) is 19.1 Å². The molecule has 1 N–H and O–H groups in total. The van der Waals surface area contributed by atoms with Gasteiger partial charge in [0.15, 0.2) is 0 Å². The van der Waals surface area contributed by atoms with Gasteiger partial charge in [0, 0.05) is 17.3 Å². The summed E-state index contributed by atoms with van der Waals surface area (Å²) in [5, 5.41) is 11.0. The summed E-state index contributed by atoms with van der Waals surface area (Å²) >= 11 is 0. The van der Waals surface area contributed by atoms with Gasteiger partial charge in [-0.3, -0.25) is 14.5 Å². The molecule has 0 spiro atoms. The topological polar surface area (TPSA) is 79.7 Å². The minimum absolute atomic E-state index is 0.0739. The second kappa shape index (κ2) is 8.85. The lowest BCUT2D eigenvalue weighted by Gasteiger charge is -2.24. The lowest BCUT2D eigenvalue weighted by atomic mass is 9.95. The van der Waals surface area contributed by atoms with Crippen molar-refractivity contribution in [3.8, 4) is 5.75 Å². The Hall–Kier alpha value is -4.26. The number of aromatic nitrogens is 1. The number of nitrogens with zero attached hydrogens (tertiary/aromatic N) is 2. The van der Waals surface area contributed by atoms with Crippen LogP contribution in [0.5, 0.6) is 5.75 Å². The van der Waals surface area contributed by atoms with Gasteiger partial charge >= 0.3 is 5.91 Å². The summed E-state index contributed by atoms with van der Waals surface area (Å²) in [6.45, 7) is 3.90. The standard InChI is InChI=1S/C25H19FN2O4/c1-2-15-32-17-12-10-16(11-13-17)23(29)21-22(18-7-3-4-8-19(18)26)28(25(31)24(21)30)20-9-5-6-14-27-20/h2-14,22,29H,1,15H2. The summed E-state index contributed by atoms with van der Waals surface area (Å²) in [7, 11) is 0. The van der Waals surface area contributed by atoms with Crippen molar-refractivity contribution < 1.29 is 23.8 Å². The van der Waals surface area contributed by atoms with Gasteiger partial charge in [-0.05, 0) is 42.5 Å². The maximum absolute atomic E-state index is 14.8. The highest BCUT2D eigenvalue weighted by Gasteiger charge is 2.48. The molecule has 4 rings (SSSR count). The zero-order valence-corrected chi connectivity index (χ0v) is 16.9. The van der Waals surface area contributed by atoms with E-state index >= 15 is 0 Å². The van der Waals surface area contributed by atoms with E-state index in [-0.39, 0.29) is 22.5 Å². The highest BCUT2D eigenvalue weighted by Crippen LogP contribution is 2.42. The van der Waals surface area contributed by atoms with E-state index in [0.717, 1.165) is 4.90 Å². The van der Waals surface area contributed by atoms with Crippen LogP contribution in [-0.2, 0) is 9.59 Å². The summed E-state index contributed by atoms with van der Waals surface area (Å²) in [4.78, 5) is 31.2. The minimum Gasteiger partial charge on any atom is -0.507 e. The van der Waals surface area contributed by atoms with Crippen LogP contribution in [0, 0.1) is 5.82 Å². The second-order valence-electron chi connectivity index (χ2n) is 7.00. The van der Waals surface area contributed by atoms with Crippen LogP contribution in [0.3, 0.4) is 0 Å². The van der Waals surface area contributed by atoms with E-state index in [4.69, 9.17) is 4.74 Å². The number of carbonyl (C=O) groups is 2. The fourth-order valence-corrected chi connectivity index (χ4v) is 3.58. The average molecular weight is 430 g/mol. The van der Waals surface area contributed by atoms with Crippen LogP contribution in [-0.4, -0.2) is 28.4 Å². The normalized spacial score (nSPS) is 17.4. The molecule has 3 aromatic rings. The first kappa shape index (κ1) is 21.0. The molecule has 2 heterocycles. The maximum atomic E-state index is 14.8. The number of Topliss-reactive ketones (excluding diaryl/α,β-unsaturated/α-hetero) is 1. The lowest BCUT2D eigenvalue weighted by molar-refractivity contribution is -0.132.